The van der Waals surface area contributed by atoms with E-state index < -0.39 is 0 Å². The van der Waals surface area contributed by atoms with Crippen LogP contribution in [0, 0.1) is 12.7 Å². The molecule has 1 amide bonds. The maximum atomic E-state index is 13.5. The molecule has 1 atom stereocenters. The maximum absolute atomic E-state index is 13.5. The van der Waals surface area contributed by atoms with Crippen LogP contribution in [0.3, 0.4) is 0 Å². The van der Waals surface area contributed by atoms with Crippen molar-refractivity contribution < 1.29 is 14.0 Å². The van der Waals surface area contributed by atoms with Crippen molar-refractivity contribution >= 4 is 11.7 Å². The van der Waals surface area contributed by atoms with Crippen molar-refractivity contribution in [2.75, 3.05) is 6.54 Å². The minimum absolute atomic E-state index is 0.0152. The molecule has 0 bridgehead atoms. The van der Waals surface area contributed by atoms with Gasteiger partial charge in [-0.1, -0.05) is 12.1 Å². The van der Waals surface area contributed by atoms with E-state index in [1.165, 1.54) is 6.07 Å². The number of nitrogens with zero attached hydrogens (tertiary/aromatic N) is 1. The summed E-state index contributed by atoms with van der Waals surface area (Å²) in [6.07, 6.45) is 0.364. The Labute approximate surface area is 106 Å². The van der Waals surface area contributed by atoms with Crippen molar-refractivity contribution in [2.24, 2.45) is 0 Å². The number of hydrogen-bond donors (Lipinski definition) is 0. The quantitative estimate of drug-likeness (QED) is 0.755. The molecule has 1 aromatic rings. The molecule has 0 aliphatic carbocycles. The van der Waals surface area contributed by atoms with E-state index in [-0.39, 0.29) is 30.0 Å². The van der Waals surface area contributed by atoms with Gasteiger partial charge in [0, 0.05) is 13.0 Å². The van der Waals surface area contributed by atoms with Crippen LogP contribution in [0.1, 0.15) is 36.9 Å². The largest absolute Gasteiger partial charge is 0.335 e. The minimum Gasteiger partial charge on any atom is -0.335 e. The van der Waals surface area contributed by atoms with E-state index in [4.69, 9.17) is 0 Å². The van der Waals surface area contributed by atoms with E-state index in [0.717, 1.165) is 5.56 Å². The topological polar surface area (TPSA) is 37.4 Å². The number of benzene rings is 1. The molecule has 1 aliphatic rings. The van der Waals surface area contributed by atoms with Crippen LogP contribution in [0.25, 0.3) is 0 Å². The molecule has 0 saturated carbocycles. The van der Waals surface area contributed by atoms with E-state index in [9.17, 15) is 14.0 Å². The molecular weight excluding hydrogens is 233 g/mol. The summed E-state index contributed by atoms with van der Waals surface area (Å²) in [5.41, 5.74) is 1.35. The van der Waals surface area contributed by atoms with Gasteiger partial charge in [0.05, 0.1) is 12.5 Å². The first-order chi connectivity index (χ1) is 8.49. The lowest BCUT2D eigenvalue weighted by atomic mass is 10.0. The van der Waals surface area contributed by atoms with Gasteiger partial charge >= 0.3 is 0 Å². The van der Waals surface area contributed by atoms with Crippen LogP contribution in [0.5, 0.6) is 0 Å². The first-order valence-corrected chi connectivity index (χ1v) is 6.06. The Bertz CT molecular complexity index is 499. The van der Waals surface area contributed by atoms with Gasteiger partial charge in [-0.3, -0.25) is 9.59 Å². The van der Waals surface area contributed by atoms with Gasteiger partial charge in [-0.15, -0.1) is 0 Å². The average molecular weight is 249 g/mol. The zero-order chi connectivity index (χ0) is 13.3. The summed E-state index contributed by atoms with van der Waals surface area (Å²) in [5, 5.41) is 0. The number of aryl methyl sites for hydroxylation is 1. The molecule has 4 heteroatoms. The number of amides is 1. The number of carbonyl (C=O) groups is 2. The molecule has 1 fully saturated rings. The summed E-state index contributed by atoms with van der Waals surface area (Å²) < 4.78 is 13.5. The Morgan fingerprint density at radius 3 is 2.67 bits per heavy atom. The highest BCUT2D eigenvalue weighted by atomic mass is 19.1. The molecule has 0 spiro atoms. The van der Waals surface area contributed by atoms with Gasteiger partial charge in [0.25, 0.3) is 0 Å². The number of hydrogen-bond acceptors (Lipinski definition) is 2. The van der Waals surface area contributed by atoms with E-state index in [0.29, 0.717) is 18.5 Å². The van der Waals surface area contributed by atoms with Gasteiger partial charge in [0.15, 0.2) is 0 Å². The van der Waals surface area contributed by atoms with E-state index >= 15 is 0 Å². The van der Waals surface area contributed by atoms with Crippen molar-refractivity contribution in [3.8, 4) is 0 Å². The third-order valence-electron chi connectivity index (χ3n) is 3.45. The molecule has 3 nitrogen and oxygen atoms in total. The lowest BCUT2D eigenvalue weighted by molar-refractivity contribution is -0.141. The number of likely N-dealkylation sites (tertiary alicyclic amines) is 1. The molecule has 0 aromatic heterocycles. The van der Waals surface area contributed by atoms with Crippen LogP contribution in [-0.2, 0) is 9.59 Å². The predicted molar refractivity (Wildman–Crippen MR) is 65.5 cm³/mol. The third-order valence-corrected chi connectivity index (χ3v) is 3.45. The molecule has 18 heavy (non-hydrogen) atoms. The van der Waals surface area contributed by atoms with Gasteiger partial charge in [-0.2, -0.15) is 0 Å². The summed E-state index contributed by atoms with van der Waals surface area (Å²) in [7, 11) is 0. The van der Waals surface area contributed by atoms with Gasteiger partial charge in [0.1, 0.15) is 11.6 Å². The van der Waals surface area contributed by atoms with Crippen molar-refractivity contribution in [3.63, 3.8) is 0 Å². The zero-order valence-corrected chi connectivity index (χ0v) is 10.6. The Hall–Kier alpha value is -1.71. The molecule has 2 rings (SSSR count). The van der Waals surface area contributed by atoms with Crippen LogP contribution >= 0.6 is 0 Å². The normalized spacial score (nSPS) is 18.1. The fourth-order valence-electron chi connectivity index (χ4n) is 2.19. The van der Waals surface area contributed by atoms with Crippen molar-refractivity contribution in [1.29, 1.82) is 0 Å². The summed E-state index contributed by atoms with van der Waals surface area (Å²) in [6.45, 7) is 3.99. The van der Waals surface area contributed by atoms with E-state index in [2.05, 4.69) is 0 Å². The molecule has 1 unspecified atom stereocenters. The fourth-order valence-corrected chi connectivity index (χ4v) is 2.19. The lowest BCUT2D eigenvalue weighted by Crippen LogP contribution is -2.40. The monoisotopic (exact) mass is 249 g/mol. The van der Waals surface area contributed by atoms with Crippen LogP contribution < -0.4 is 0 Å². The molecule has 1 saturated heterocycles. The van der Waals surface area contributed by atoms with Gasteiger partial charge < -0.3 is 4.90 Å². The number of piperidine rings is 1. The third kappa shape index (κ3) is 2.42. The average Bonchev–Trinajstić information content (AvgIpc) is 2.32. The van der Waals surface area contributed by atoms with E-state index in [1.54, 1.807) is 17.9 Å². The highest BCUT2D eigenvalue weighted by Gasteiger charge is 2.28. The number of ketones is 1. The Morgan fingerprint density at radius 1 is 1.33 bits per heavy atom. The molecule has 1 heterocycles. The standard InChI is InChI=1S/C14H16FNO2/c1-9-3-4-11(7-13(9)15)10(2)16-6-5-12(17)8-14(16)18/h3-4,7,10H,5-6,8H2,1-2H3. The van der Waals surface area contributed by atoms with Gasteiger partial charge in [-0.25, -0.2) is 4.39 Å². The van der Waals surface area contributed by atoms with Gasteiger partial charge in [-0.05, 0) is 31.0 Å². The van der Waals surface area contributed by atoms with Crippen LogP contribution in [-0.4, -0.2) is 23.1 Å². The first-order valence-electron chi connectivity index (χ1n) is 6.06. The van der Waals surface area contributed by atoms with Crippen molar-refractivity contribution in [1.82, 2.24) is 4.90 Å². The zero-order valence-electron chi connectivity index (χ0n) is 10.6. The number of halogens is 1. The predicted octanol–water partition coefficient (Wildman–Crippen LogP) is 2.39. The van der Waals surface area contributed by atoms with Crippen molar-refractivity contribution in [3.05, 3.63) is 35.1 Å². The van der Waals surface area contributed by atoms with Crippen molar-refractivity contribution in [2.45, 2.75) is 32.7 Å². The molecule has 96 valence electrons. The minimum atomic E-state index is -0.264. The maximum Gasteiger partial charge on any atom is 0.230 e. The number of carbonyl (C=O) groups excluding carboxylic acids is 2. The molecule has 1 aromatic carbocycles. The first kappa shape index (κ1) is 12.7. The number of rotatable bonds is 2. The highest BCUT2D eigenvalue weighted by molar-refractivity contribution is 6.00. The molecular formula is C14H16FNO2. The molecule has 0 N–H and O–H groups in total. The van der Waals surface area contributed by atoms with Crippen LogP contribution in [0.2, 0.25) is 0 Å². The second-order valence-corrected chi connectivity index (χ2v) is 4.74. The Balaban J connectivity index is 2.20. The Kier molecular flexibility index (Phi) is 3.45. The van der Waals surface area contributed by atoms with E-state index in [1.807, 2.05) is 13.0 Å². The SMILES string of the molecule is Cc1ccc(C(C)N2CCC(=O)CC2=O)cc1F. The fraction of sp³-hybridized carbons (Fsp3) is 0.429. The molecule has 0 radical (unpaired) electrons. The van der Waals surface area contributed by atoms with Gasteiger partial charge in [0.2, 0.25) is 5.91 Å². The summed E-state index contributed by atoms with van der Waals surface area (Å²) in [5.74, 6) is -0.446. The number of Topliss-reactive ketones (excluding diaryl/α,β-unsaturated/α-hetero) is 1. The van der Waals surface area contributed by atoms with Crippen LogP contribution in [0.15, 0.2) is 18.2 Å². The summed E-state index contributed by atoms with van der Waals surface area (Å²) in [4.78, 5) is 24.6. The van der Waals surface area contributed by atoms with Crippen LogP contribution in [0.4, 0.5) is 4.39 Å². The lowest BCUT2D eigenvalue weighted by Gasteiger charge is -2.32. The summed E-state index contributed by atoms with van der Waals surface area (Å²) >= 11 is 0. The highest BCUT2D eigenvalue weighted by Crippen LogP contribution is 2.25. The molecule has 1 aliphatic heterocycles. The second kappa shape index (κ2) is 4.88. The summed E-state index contributed by atoms with van der Waals surface area (Å²) in [6, 6.07) is 4.80. The smallest absolute Gasteiger partial charge is 0.230 e. The second-order valence-electron chi connectivity index (χ2n) is 4.74. The Morgan fingerprint density at radius 2 is 2.06 bits per heavy atom.